The fourth-order valence-corrected chi connectivity index (χ4v) is 4.90. The lowest BCUT2D eigenvalue weighted by Crippen LogP contribution is -2.29. The van der Waals surface area contributed by atoms with Crippen LogP contribution in [0, 0.1) is 0 Å². The molecule has 5 rings (SSSR count). The predicted octanol–water partition coefficient (Wildman–Crippen LogP) is 5.99. The molecular formula is C32H33N5O2. The number of rotatable bonds is 11. The first-order valence-electron chi connectivity index (χ1n) is 13.5. The van der Waals surface area contributed by atoms with Crippen molar-refractivity contribution < 1.29 is 9.59 Å². The van der Waals surface area contributed by atoms with E-state index in [4.69, 9.17) is 4.98 Å². The van der Waals surface area contributed by atoms with Crippen LogP contribution in [0.5, 0.6) is 0 Å². The zero-order chi connectivity index (χ0) is 27.0. The second kappa shape index (κ2) is 12.3. The van der Waals surface area contributed by atoms with Gasteiger partial charge in [-0.15, -0.1) is 0 Å². The van der Waals surface area contributed by atoms with Gasteiger partial charge in [-0.05, 0) is 53.3 Å². The molecule has 0 radical (unpaired) electrons. The number of H-pyrrole nitrogens is 1. The number of benzene rings is 3. The highest BCUT2D eigenvalue weighted by molar-refractivity contribution is 5.98. The maximum atomic E-state index is 13.1. The molecular weight excluding hydrogens is 486 g/mol. The second-order valence-electron chi connectivity index (χ2n) is 9.86. The molecule has 7 nitrogen and oxygen atoms in total. The van der Waals surface area contributed by atoms with Gasteiger partial charge in [0.1, 0.15) is 5.82 Å². The molecule has 3 aromatic carbocycles. The van der Waals surface area contributed by atoms with Gasteiger partial charge in [0.05, 0.1) is 11.9 Å². The fraction of sp³-hybridized carbons (Fsp3) is 0.250. The van der Waals surface area contributed by atoms with Gasteiger partial charge in [-0.1, -0.05) is 55.3 Å². The van der Waals surface area contributed by atoms with Crippen molar-refractivity contribution >= 4 is 33.4 Å². The van der Waals surface area contributed by atoms with Gasteiger partial charge in [-0.25, -0.2) is 4.98 Å². The Hall–Kier alpha value is -4.52. The Balaban J connectivity index is 1.29. The molecule has 3 N–H and O–H groups in total. The van der Waals surface area contributed by atoms with Gasteiger partial charge < -0.3 is 15.6 Å². The van der Waals surface area contributed by atoms with E-state index in [2.05, 4.69) is 50.9 Å². The molecule has 39 heavy (non-hydrogen) atoms. The van der Waals surface area contributed by atoms with E-state index in [9.17, 15) is 9.59 Å². The van der Waals surface area contributed by atoms with Crippen LogP contribution in [0.3, 0.4) is 0 Å². The van der Waals surface area contributed by atoms with Crippen molar-refractivity contribution in [2.75, 3.05) is 13.6 Å². The standard InChI is InChI=1S/C32H33N5O2/c1-33-30(38)10-4-2-3-9-28(20-36-32(39)26-13-14-27-19-34-16-15-24(27)18-26)31-35-21-29(37-31)25-12-11-22-7-5-6-8-23(22)17-25/h5-8,11-19,21,28H,2-4,9-10,20H2,1H3,(H,33,38)(H,35,37)(H,36,39). The molecule has 0 spiro atoms. The predicted molar refractivity (Wildman–Crippen MR) is 155 cm³/mol. The van der Waals surface area contributed by atoms with Crippen molar-refractivity contribution in [3.63, 3.8) is 0 Å². The first kappa shape index (κ1) is 26.1. The number of amides is 2. The Bertz CT molecular complexity index is 1590. The van der Waals surface area contributed by atoms with Gasteiger partial charge in [0.2, 0.25) is 5.91 Å². The van der Waals surface area contributed by atoms with Crippen LogP contribution >= 0.6 is 0 Å². The minimum atomic E-state index is -0.111. The van der Waals surface area contributed by atoms with Crippen molar-refractivity contribution in [3.05, 3.63) is 96.7 Å². The van der Waals surface area contributed by atoms with Crippen LogP contribution in [0.25, 0.3) is 32.8 Å². The molecule has 1 unspecified atom stereocenters. The summed E-state index contributed by atoms with van der Waals surface area (Å²) in [5.41, 5.74) is 2.65. The Kier molecular flexibility index (Phi) is 8.26. The summed E-state index contributed by atoms with van der Waals surface area (Å²) in [6.45, 7) is 0.466. The first-order chi connectivity index (χ1) is 19.1. The summed E-state index contributed by atoms with van der Waals surface area (Å²) in [6, 6.07) is 22.2. The molecule has 0 aliphatic carbocycles. The van der Waals surface area contributed by atoms with E-state index >= 15 is 0 Å². The largest absolute Gasteiger partial charge is 0.359 e. The van der Waals surface area contributed by atoms with Crippen LogP contribution < -0.4 is 10.6 Å². The third kappa shape index (κ3) is 6.49. The fourth-order valence-electron chi connectivity index (χ4n) is 4.90. The number of carbonyl (C=O) groups excluding carboxylic acids is 2. The number of nitrogens with zero attached hydrogens (tertiary/aromatic N) is 2. The topological polar surface area (TPSA) is 99.8 Å². The van der Waals surface area contributed by atoms with Crippen molar-refractivity contribution in [1.29, 1.82) is 0 Å². The molecule has 1 atom stereocenters. The molecule has 2 amide bonds. The summed E-state index contributed by atoms with van der Waals surface area (Å²) in [7, 11) is 1.66. The van der Waals surface area contributed by atoms with Crippen LogP contribution in [0.15, 0.2) is 85.3 Å². The maximum absolute atomic E-state index is 13.1. The Morgan fingerprint density at radius 2 is 1.69 bits per heavy atom. The summed E-state index contributed by atoms with van der Waals surface area (Å²) >= 11 is 0. The van der Waals surface area contributed by atoms with E-state index in [1.165, 1.54) is 10.8 Å². The molecule has 5 aromatic rings. The average molecular weight is 520 g/mol. The van der Waals surface area contributed by atoms with Gasteiger partial charge in [-0.3, -0.25) is 14.6 Å². The number of hydrogen-bond acceptors (Lipinski definition) is 4. The summed E-state index contributed by atoms with van der Waals surface area (Å²) in [5, 5.41) is 10.2. The van der Waals surface area contributed by atoms with Gasteiger partial charge in [0, 0.05) is 54.8 Å². The molecule has 2 aromatic heterocycles. The third-order valence-corrected chi connectivity index (χ3v) is 7.19. The van der Waals surface area contributed by atoms with Crippen molar-refractivity contribution in [1.82, 2.24) is 25.6 Å². The van der Waals surface area contributed by atoms with E-state index in [0.29, 0.717) is 18.5 Å². The summed E-state index contributed by atoms with van der Waals surface area (Å²) < 4.78 is 0. The molecule has 0 aliphatic heterocycles. The molecule has 2 heterocycles. The molecule has 198 valence electrons. The van der Waals surface area contributed by atoms with Crippen LogP contribution in [-0.2, 0) is 4.79 Å². The number of hydrogen-bond donors (Lipinski definition) is 3. The highest BCUT2D eigenvalue weighted by Crippen LogP contribution is 2.26. The Morgan fingerprint density at radius 3 is 2.56 bits per heavy atom. The quantitative estimate of drug-likeness (QED) is 0.187. The van der Waals surface area contributed by atoms with Crippen molar-refractivity contribution in [2.24, 2.45) is 0 Å². The number of fused-ring (bicyclic) bond motifs is 2. The lowest BCUT2D eigenvalue weighted by molar-refractivity contribution is -0.120. The molecule has 0 aliphatic rings. The van der Waals surface area contributed by atoms with E-state index in [1.807, 2.05) is 42.6 Å². The maximum Gasteiger partial charge on any atom is 0.251 e. The van der Waals surface area contributed by atoms with E-state index in [1.54, 1.807) is 19.4 Å². The number of carbonyl (C=O) groups is 2. The van der Waals surface area contributed by atoms with E-state index in [0.717, 1.165) is 53.5 Å². The monoisotopic (exact) mass is 519 g/mol. The lowest BCUT2D eigenvalue weighted by atomic mass is 9.99. The summed E-state index contributed by atoms with van der Waals surface area (Å²) in [6.07, 6.45) is 9.49. The number of aromatic nitrogens is 3. The molecule has 7 heteroatoms. The zero-order valence-electron chi connectivity index (χ0n) is 22.1. The van der Waals surface area contributed by atoms with Crippen LogP contribution in [0.2, 0.25) is 0 Å². The van der Waals surface area contributed by atoms with Crippen molar-refractivity contribution in [2.45, 2.75) is 38.0 Å². The number of aromatic amines is 1. The Labute approximate surface area is 228 Å². The molecule has 0 bridgehead atoms. The normalized spacial score (nSPS) is 11.9. The lowest BCUT2D eigenvalue weighted by Gasteiger charge is -2.16. The van der Waals surface area contributed by atoms with Crippen molar-refractivity contribution in [3.8, 4) is 11.3 Å². The number of unbranched alkanes of at least 4 members (excludes halogenated alkanes) is 2. The van der Waals surface area contributed by atoms with Crippen LogP contribution in [-0.4, -0.2) is 40.4 Å². The van der Waals surface area contributed by atoms with E-state index < -0.39 is 0 Å². The molecule has 0 saturated carbocycles. The summed E-state index contributed by atoms with van der Waals surface area (Å²) in [4.78, 5) is 37.0. The minimum absolute atomic E-state index is 0.0211. The molecule has 0 fully saturated rings. The third-order valence-electron chi connectivity index (χ3n) is 7.19. The highest BCUT2D eigenvalue weighted by atomic mass is 16.2. The molecule has 0 saturated heterocycles. The number of imidazole rings is 1. The Morgan fingerprint density at radius 1 is 0.872 bits per heavy atom. The number of nitrogens with one attached hydrogen (secondary N) is 3. The van der Waals surface area contributed by atoms with Gasteiger partial charge in [0.25, 0.3) is 5.91 Å². The summed E-state index contributed by atoms with van der Waals surface area (Å²) in [5.74, 6) is 0.831. The van der Waals surface area contributed by atoms with Gasteiger partial charge in [-0.2, -0.15) is 0 Å². The van der Waals surface area contributed by atoms with Crippen LogP contribution in [0.1, 0.15) is 54.2 Å². The van der Waals surface area contributed by atoms with Gasteiger partial charge >= 0.3 is 0 Å². The minimum Gasteiger partial charge on any atom is -0.359 e. The highest BCUT2D eigenvalue weighted by Gasteiger charge is 2.18. The van der Waals surface area contributed by atoms with E-state index in [-0.39, 0.29) is 17.7 Å². The van der Waals surface area contributed by atoms with Gasteiger partial charge in [0.15, 0.2) is 0 Å². The average Bonchev–Trinajstić information content (AvgIpc) is 3.48. The SMILES string of the molecule is CNC(=O)CCCCCC(CNC(=O)c1ccc2cnccc2c1)c1ncc(-c2ccc3ccccc3c2)[nH]1. The smallest absolute Gasteiger partial charge is 0.251 e. The number of pyridine rings is 1. The zero-order valence-corrected chi connectivity index (χ0v) is 22.1. The second-order valence-corrected chi connectivity index (χ2v) is 9.86. The first-order valence-corrected chi connectivity index (χ1v) is 13.5. The van der Waals surface area contributed by atoms with Crippen LogP contribution in [0.4, 0.5) is 0 Å².